The van der Waals surface area contributed by atoms with E-state index in [0.717, 1.165) is 12.4 Å². The highest BCUT2D eigenvalue weighted by Crippen LogP contribution is 2.34. The van der Waals surface area contributed by atoms with Crippen LogP contribution in [0, 0.1) is 5.92 Å². The fourth-order valence-electron chi connectivity index (χ4n) is 1.24. The second-order valence-electron chi connectivity index (χ2n) is 2.90. The zero-order valence-corrected chi connectivity index (χ0v) is 6.40. The van der Waals surface area contributed by atoms with E-state index in [0.29, 0.717) is 6.42 Å². The molecule has 1 unspecified atom stereocenters. The van der Waals surface area contributed by atoms with Crippen molar-refractivity contribution in [1.29, 1.82) is 0 Å². The van der Waals surface area contributed by atoms with Crippen LogP contribution in [0.5, 0.6) is 0 Å². The van der Waals surface area contributed by atoms with E-state index < -0.39 is 11.7 Å². The summed E-state index contributed by atoms with van der Waals surface area (Å²) in [6.45, 7) is 0. The van der Waals surface area contributed by atoms with Crippen LogP contribution in [0.4, 0.5) is 13.2 Å². The van der Waals surface area contributed by atoms with Crippen molar-refractivity contribution in [3.8, 4) is 0 Å². The fourth-order valence-corrected chi connectivity index (χ4v) is 1.24. The van der Waals surface area contributed by atoms with E-state index >= 15 is 0 Å². The SMILES string of the molecule is O=CC1CC=C(C(F)(F)F)CC1. The largest absolute Gasteiger partial charge is 0.412 e. The Kier molecular flexibility index (Phi) is 2.55. The number of rotatable bonds is 1. The third-order valence-electron chi connectivity index (χ3n) is 2.01. The molecule has 4 heteroatoms. The minimum absolute atomic E-state index is 0.0209. The summed E-state index contributed by atoms with van der Waals surface area (Å²) >= 11 is 0. The average molecular weight is 178 g/mol. The predicted molar refractivity (Wildman–Crippen MR) is 37.5 cm³/mol. The number of allylic oxidation sites excluding steroid dienone is 2. The number of aldehydes is 1. The van der Waals surface area contributed by atoms with Crippen molar-refractivity contribution in [1.82, 2.24) is 0 Å². The van der Waals surface area contributed by atoms with Crippen molar-refractivity contribution >= 4 is 6.29 Å². The van der Waals surface area contributed by atoms with Crippen LogP contribution in [0.15, 0.2) is 11.6 Å². The van der Waals surface area contributed by atoms with Gasteiger partial charge in [-0.1, -0.05) is 6.08 Å². The molecule has 0 spiro atoms. The van der Waals surface area contributed by atoms with E-state index in [-0.39, 0.29) is 18.8 Å². The number of hydrogen-bond acceptors (Lipinski definition) is 1. The van der Waals surface area contributed by atoms with Crippen LogP contribution < -0.4 is 0 Å². The monoisotopic (exact) mass is 178 g/mol. The molecule has 0 saturated carbocycles. The first-order chi connectivity index (χ1) is 5.54. The summed E-state index contributed by atoms with van der Waals surface area (Å²) in [7, 11) is 0. The van der Waals surface area contributed by atoms with Crippen molar-refractivity contribution < 1.29 is 18.0 Å². The highest BCUT2D eigenvalue weighted by molar-refractivity contribution is 5.54. The lowest BCUT2D eigenvalue weighted by Crippen LogP contribution is -2.17. The van der Waals surface area contributed by atoms with Gasteiger partial charge in [0.1, 0.15) is 6.29 Å². The Bertz CT molecular complexity index is 205. The molecule has 1 atom stereocenters. The molecule has 1 aliphatic rings. The molecular weight excluding hydrogens is 169 g/mol. The average Bonchev–Trinajstić information content (AvgIpc) is 2.03. The van der Waals surface area contributed by atoms with Crippen LogP contribution in [0.2, 0.25) is 0 Å². The Morgan fingerprint density at radius 2 is 2.17 bits per heavy atom. The van der Waals surface area contributed by atoms with Crippen LogP contribution in [0.1, 0.15) is 19.3 Å². The van der Waals surface area contributed by atoms with Crippen LogP contribution >= 0.6 is 0 Å². The lowest BCUT2D eigenvalue weighted by atomic mass is 9.90. The molecule has 0 bridgehead atoms. The number of alkyl halides is 3. The zero-order valence-electron chi connectivity index (χ0n) is 6.40. The summed E-state index contributed by atoms with van der Waals surface area (Å²) < 4.78 is 36.0. The van der Waals surface area contributed by atoms with Crippen molar-refractivity contribution in [2.75, 3.05) is 0 Å². The van der Waals surface area contributed by atoms with Gasteiger partial charge in [-0.25, -0.2) is 0 Å². The van der Waals surface area contributed by atoms with Crippen molar-refractivity contribution in [3.05, 3.63) is 11.6 Å². The minimum Gasteiger partial charge on any atom is -0.303 e. The van der Waals surface area contributed by atoms with Gasteiger partial charge in [-0.3, -0.25) is 0 Å². The Morgan fingerprint density at radius 3 is 2.50 bits per heavy atom. The van der Waals surface area contributed by atoms with Crippen molar-refractivity contribution in [2.45, 2.75) is 25.4 Å². The van der Waals surface area contributed by atoms with E-state index in [2.05, 4.69) is 0 Å². The third kappa shape index (κ3) is 2.09. The molecule has 0 aromatic carbocycles. The first kappa shape index (κ1) is 9.29. The van der Waals surface area contributed by atoms with Gasteiger partial charge in [0.15, 0.2) is 0 Å². The Hall–Kier alpha value is -0.800. The number of hydrogen-bond donors (Lipinski definition) is 0. The maximum absolute atomic E-state index is 12.0. The second kappa shape index (κ2) is 3.29. The highest BCUT2D eigenvalue weighted by atomic mass is 19.4. The molecule has 0 N–H and O–H groups in total. The summed E-state index contributed by atoms with van der Waals surface area (Å²) in [6.07, 6.45) is -1.81. The lowest BCUT2D eigenvalue weighted by Gasteiger charge is -2.18. The van der Waals surface area contributed by atoms with Crippen LogP contribution in [0.3, 0.4) is 0 Å². The van der Waals surface area contributed by atoms with Crippen LogP contribution in [-0.4, -0.2) is 12.5 Å². The normalized spacial score (nSPS) is 24.9. The number of carbonyl (C=O) groups excluding carboxylic acids is 1. The molecular formula is C8H9F3O. The number of halogens is 3. The first-order valence-electron chi connectivity index (χ1n) is 3.75. The maximum atomic E-state index is 12.0. The third-order valence-corrected chi connectivity index (χ3v) is 2.01. The molecule has 1 rings (SSSR count). The van der Waals surface area contributed by atoms with Gasteiger partial charge in [-0.2, -0.15) is 13.2 Å². The summed E-state index contributed by atoms with van der Waals surface area (Å²) in [6, 6.07) is 0. The second-order valence-corrected chi connectivity index (χ2v) is 2.90. The molecule has 0 aliphatic heterocycles. The molecule has 1 nitrogen and oxygen atoms in total. The molecule has 0 amide bonds. The highest BCUT2D eigenvalue weighted by Gasteiger charge is 2.34. The van der Waals surface area contributed by atoms with Gasteiger partial charge >= 0.3 is 6.18 Å². The topological polar surface area (TPSA) is 17.1 Å². The summed E-state index contributed by atoms with van der Waals surface area (Å²) in [5.41, 5.74) is -0.486. The first-order valence-corrected chi connectivity index (χ1v) is 3.75. The summed E-state index contributed by atoms with van der Waals surface area (Å²) in [4.78, 5) is 10.2. The zero-order chi connectivity index (χ0) is 9.19. The van der Waals surface area contributed by atoms with Gasteiger partial charge in [0, 0.05) is 11.5 Å². The van der Waals surface area contributed by atoms with Crippen LogP contribution in [-0.2, 0) is 4.79 Å². The lowest BCUT2D eigenvalue weighted by molar-refractivity contribution is -0.112. The smallest absolute Gasteiger partial charge is 0.303 e. The van der Waals surface area contributed by atoms with Gasteiger partial charge in [0.2, 0.25) is 0 Å². The standard InChI is InChI=1S/C8H9F3O/c9-8(10,11)7-3-1-6(5-12)2-4-7/h3,5-6H,1-2,4H2. The van der Waals surface area contributed by atoms with E-state index in [1.165, 1.54) is 0 Å². The van der Waals surface area contributed by atoms with Crippen LogP contribution in [0.25, 0.3) is 0 Å². The molecule has 0 aromatic heterocycles. The molecule has 12 heavy (non-hydrogen) atoms. The van der Waals surface area contributed by atoms with E-state index in [1.807, 2.05) is 0 Å². The van der Waals surface area contributed by atoms with Gasteiger partial charge in [-0.05, 0) is 19.3 Å². The quantitative estimate of drug-likeness (QED) is 0.445. The Morgan fingerprint density at radius 1 is 1.50 bits per heavy atom. The summed E-state index contributed by atoms with van der Waals surface area (Å²) in [5, 5.41) is 0. The minimum atomic E-state index is -4.20. The molecule has 0 heterocycles. The van der Waals surface area contributed by atoms with Gasteiger partial charge in [0.05, 0.1) is 0 Å². The molecule has 68 valence electrons. The van der Waals surface area contributed by atoms with E-state index in [9.17, 15) is 18.0 Å². The molecule has 0 saturated heterocycles. The molecule has 0 aromatic rings. The van der Waals surface area contributed by atoms with Crippen molar-refractivity contribution in [2.24, 2.45) is 5.92 Å². The molecule has 0 fully saturated rings. The van der Waals surface area contributed by atoms with Crippen molar-refractivity contribution in [3.63, 3.8) is 0 Å². The molecule has 1 aliphatic carbocycles. The maximum Gasteiger partial charge on any atom is 0.412 e. The predicted octanol–water partition coefficient (Wildman–Crippen LogP) is 2.47. The fraction of sp³-hybridized carbons (Fsp3) is 0.625. The Balaban J connectivity index is 2.62. The van der Waals surface area contributed by atoms with Gasteiger partial charge in [-0.15, -0.1) is 0 Å². The van der Waals surface area contributed by atoms with Gasteiger partial charge in [0.25, 0.3) is 0 Å². The summed E-state index contributed by atoms with van der Waals surface area (Å²) in [5.74, 6) is -0.212. The van der Waals surface area contributed by atoms with E-state index in [1.54, 1.807) is 0 Å². The molecule has 0 radical (unpaired) electrons. The number of carbonyl (C=O) groups is 1. The van der Waals surface area contributed by atoms with Gasteiger partial charge < -0.3 is 4.79 Å². The van der Waals surface area contributed by atoms with E-state index in [4.69, 9.17) is 0 Å². The Labute approximate surface area is 68.3 Å².